The van der Waals surface area contributed by atoms with Crippen molar-refractivity contribution in [2.45, 2.75) is 6.54 Å². The summed E-state index contributed by atoms with van der Waals surface area (Å²) < 4.78 is 11.6. The van der Waals surface area contributed by atoms with E-state index in [1.54, 1.807) is 30.3 Å². The van der Waals surface area contributed by atoms with Gasteiger partial charge in [0, 0.05) is 43.4 Å². The van der Waals surface area contributed by atoms with Crippen LogP contribution < -0.4 is 25.2 Å². The minimum absolute atomic E-state index is 0.218. The second-order valence-electron chi connectivity index (χ2n) is 6.38. The average Bonchev–Trinajstić information content (AvgIpc) is 2.69. The zero-order valence-electron chi connectivity index (χ0n) is 16.2. The number of nitrogens with one attached hydrogen (secondary N) is 1. The molecule has 0 fully saturated rings. The van der Waals surface area contributed by atoms with Crippen LogP contribution in [0, 0.1) is 0 Å². The molecule has 0 radical (unpaired) electrons. The van der Waals surface area contributed by atoms with Gasteiger partial charge in [-0.2, -0.15) is 5.10 Å². The van der Waals surface area contributed by atoms with E-state index in [1.807, 2.05) is 31.1 Å². The minimum atomic E-state index is -0.384. The summed E-state index contributed by atoms with van der Waals surface area (Å²) in [5, 5.41) is 8.37. The first kappa shape index (κ1) is 19.2. The molecule has 0 atom stereocenters. The fourth-order valence-corrected chi connectivity index (χ4v) is 2.87. The molecule has 8 heteroatoms. The Hall–Kier alpha value is -3.55. The van der Waals surface area contributed by atoms with Crippen molar-refractivity contribution in [2.75, 3.05) is 38.5 Å². The summed E-state index contributed by atoms with van der Waals surface area (Å²) in [6, 6.07) is 12.2. The van der Waals surface area contributed by atoms with Crippen LogP contribution in [0.4, 0.5) is 11.5 Å². The molecule has 3 rings (SSSR count). The second kappa shape index (κ2) is 7.99. The number of carbonyl (C=O) groups excluding carboxylic acids is 1. The van der Waals surface area contributed by atoms with Crippen LogP contribution in [0.5, 0.6) is 11.5 Å². The van der Waals surface area contributed by atoms with E-state index >= 15 is 0 Å². The van der Waals surface area contributed by atoms with Crippen molar-refractivity contribution in [3.05, 3.63) is 52.8 Å². The van der Waals surface area contributed by atoms with Crippen molar-refractivity contribution in [1.29, 1.82) is 0 Å². The lowest BCUT2D eigenvalue weighted by Gasteiger charge is -2.16. The lowest BCUT2D eigenvalue weighted by molar-refractivity contribution is -0.117. The van der Waals surface area contributed by atoms with Gasteiger partial charge in [-0.1, -0.05) is 18.2 Å². The number of methoxy groups -OCH3 is 2. The molecule has 28 heavy (non-hydrogen) atoms. The third kappa shape index (κ3) is 3.90. The highest BCUT2D eigenvalue weighted by atomic mass is 16.5. The van der Waals surface area contributed by atoms with Crippen LogP contribution in [0.3, 0.4) is 0 Å². The summed E-state index contributed by atoms with van der Waals surface area (Å²) in [7, 11) is 6.74. The number of rotatable bonds is 6. The molecule has 0 aliphatic carbocycles. The zero-order valence-corrected chi connectivity index (χ0v) is 16.2. The Balaban J connectivity index is 1.92. The first-order valence-corrected chi connectivity index (χ1v) is 8.63. The summed E-state index contributed by atoms with van der Waals surface area (Å²) >= 11 is 0. The van der Waals surface area contributed by atoms with Gasteiger partial charge >= 0.3 is 0 Å². The van der Waals surface area contributed by atoms with Gasteiger partial charge in [-0.15, -0.1) is 0 Å². The van der Waals surface area contributed by atoms with Crippen molar-refractivity contribution < 1.29 is 14.3 Å². The van der Waals surface area contributed by atoms with Crippen LogP contribution in [0.1, 0.15) is 0 Å². The molecular weight excluding hydrogens is 360 g/mol. The molecule has 1 heterocycles. The largest absolute Gasteiger partial charge is 0.497 e. The standard InChI is InChI=1S/C20H22N4O4/c1-23(2)19-16-7-5-6-8-17(16)20(26)24(22-19)12-18(25)21-13-9-14(27-3)11-15(10-13)28-4/h5-11H,12H2,1-4H3,(H,21,25). The highest BCUT2D eigenvalue weighted by Gasteiger charge is 2.14. The summed E-state index contributed by atoms with van der Waals surface area (Å²) in [5.41, 5.74) is 0.183. The number of benzene rings is 2. The van der Waals surface area contributed by atoms with Crippen LogP contribution in [-0.4, -0.2) is 44.0 Å². The molecule has 0 bridgehead atoms. The Labute approximate surface area is 162 Å². The highest BCUT2D eigenvalue weighted by Crippen LogP contribution is 2.26. The van der Waals surface area contributed by atoms with Crippen LogP contribution in [0.2, 0.25) is 0 Å². The maximum Gasteiger partial charge on any atom is 0.275 e. The predicted octanol–water partition coefficient (Wildman–Crippen LogP) is 2.12. The van der Waals surface area contributed by atoms with Gasteiger partial charge < -0.3 is 19.7 Å². The van der Waals surface area contributed by atoms with Gasteiger partial charge in [-0.25, -0.2) is 4.68 Å². The SMILES string of the molecule is COc1cc(NC(=O)Cn2nc(N(C)C)c3ccccc3c2=O)cc(OC)c1. The summed E-state index contributed by atoms with van der Waals surface area (Å²) in [5.74, 6) is 1.33. The molecule has 3 aromatic rings. The fraction of sp³-hybridized carbons (Fsp3) is 0.250. The molecule has 2 aromatic carbocycles. The molecule has 1 N–H and O–H groups in total. The third-order valence-electron chi connectivity index (χ3n) is 4.20. The molecule has 146 valence electrons. The van der Waals surface area contributed by atoms with Crippen molar-refractivity contribution in [3.63, 3.8) is 0 Å². The number of aromatic nitrogens is 2. The van der Waals surface area contributed by atoms with Gasteiger partial charge in [0.1, 0.15) is 18.0 Å². The van der Waals surface area contributed by atoms with Gasteiger partial charge in [-0.05, 0) is 6.07 Å². The quantitative estimate of drug-likeness (QED) is 0.703. The first-order chi connectivity index (χ1) is 13.4. The molecule has 1 aromatic heterocycles. The van der Waals surface area contributed by atoms with Gasteiger partial charge in [0.25, 0.3) is 5.56 Å². The van der Waals surface area contributed by atoms with Crippen molar-refractivity contribution in [3.8, 4) is 11.5 Å². The van der Waals surface area contributed by atoms with E-state index in [1.165, 1.54) is 18.9 Å². The Morgan fingerprint density at radius 2 is 1.68 bits per heavy atom. The summed E-state index contributed by atoms with van der Waals surface area (Å²) in [6.07, 6.45) is 0. The van der Waals surface area contributed by atoms with Gasteiger partial charge in [0.15, 0.2) is 5.82 Å². The zero-order chi connectivity index (χ0) is 20.3. The van der Waals surface area contributed by atoms with Gasteiger partial charge in [0.2, 0.25) is 5.91 Å². The number of amides is 1. The molecule has 0 aliphatic rings. The molecular formula is C20H22N4O4. The van der Waals surface area contributed by atoms with Crippen LogP contribution >= 0.6 is 0 Å². The van der Waals surface area contributed by atoms with E-state index in [-0.39, 0.29) is 18.0 Å². The van der Waals surface area contributed by atoms with Gasteiger partial charge in [-0.3, -0.25) is 9.59 Å². The van der Waals surface area contributed by atoms with Gasteiger partial charge in [0.05, 0.1) is 19.6 Å². The number of carbonyl (C=O) groups is 1. The molecule has 0 saturated heterocycles. The van der Waals surface area contributed by atoms with Crippen molar-refractivity contribution in [1.82, 2.24) is 9.78 Å². The normalized spacial score (nSPS) is 10.6. The molecule has 0 saturated carbocycles. The smallest absolute Gasteiger partial charge is 0.275 e. The Kier molecular flexibility index (Phi) is 5.49. The van der Waals surface area contributed by atoms with E-state index < -0.39 is 0 Å². The van der Waals surface area contributed by atoms with E-state index in [4.69, 9.17) is 9.47 Å². The topological polar surface area (TPSA) is 85.7 Å². The molecule has 0 unspecified atom stereocenters. The average molecular weight is 382 g/mol. The Bertz CT molecular complexity index is 1050. The highest BCUT2D eigenvalue weighted by molar-refractivity contribution is 5.93. The second-order valence-corrected chi connectivity index (χ2v) is 6.38. The van der Waals surface area contributed by atoms with E-state index in [0.717, 1.165) is 5.39 Å². The molecule has 0 aliphatic heterocycles. The number of hydrogen-bond acceptors (Lipinski definition) is 6. The van der Waals surface area contributed by atoms with Crippen molar-refractivity contribution >= 4 is 28.2 Å². The monoisotopic (exact) mass is 382 g/mol. The Morgan fingerprint density at radius 1 is 1.07 bits per heavy atom. The lowest BCUT2D eigenvalue weighted by Crippen LogP contribution is -2.31. The van der Waals surface area contributed by atoms with Crippen LogP contribution in [-0.2, 0) is 11.3 Å². The number of hydrogen-bond donors (Lipinski definition) is 1. The van der Waals surface area contributed by atoms with Crippen LogP contribution in [0.25, 0.3) is 10.8 Å². The maximum atomic E-state index is 12.8. The minimum Gasteiger partial charge on any atom is -0.497 e. The number of nitrogens with zero attached hydrogens (tertiary/aromatic N) is 3. The van der Waals surface area contributed by atoms with E-state index in [0.29, 0.717) is 28.4 Å². The fourth-order valence-electron chi connectivity index (χ4n) is 2.87. The number of fused-ring (bicyclic) bond motifs is 1. The van der Waals surface area contributed by atoms with Crippen LogP contribution in [0.15, 0.2) is 47.3 Å². The maximum absolute atomic E-state index is 12.8. The molecule has 0 spiro atoms. The number of ether oxygens (including phenoxy) is 2. The first-order valence-electron chi connectivity index (χ1n) is 8.63. The summed E-state index contributed by atoms with van der Waals surface area (Å²) in [4.78, 5) is 27.1. The summed E-state index contributed by atoms with van der Waals surface area (Å²) in [6.45, 7) is -0.218. The van der Waals surface area contributed by atoms with E-state index in [2.05, 4.69) is 10.4 Å². The van der Waals surface area contributed by atoms with Crippen molar-refractivity contribution in [2.24, 2.45) is 0 Å². The Morgan fingerprint density at radius 3 is 2.25 bits per heavy atom. The molecule has 1 amide bonds. The molecule has 8 nitrogen and oxygen atoms in total. The number of anilines is 2. The lowest BCUT2D eigenvalue weighted by atomic mass is 10.2. The van der Waals surface area contributed by atoms with E-state index in [9.17, 15) is 9.59 Å². The third-order valence-corrected chi connectivity index (χ3v) is 4.20. The predicted molar refractivity (Wildman–Crippen MR) is 109 cm³/mol.